The first-order chi connectivity index (χ1) is 15.9. The molecule has 1 fully saturated rings. The third-order valence-electron chi connectivity index (χ3n) is 6.73. The van der Waals surface area contributed by atoms with E-state index >= 15 is 0 Å². The van der Waals surface area contributed by atoms with E-state index in [1.807, 2.05) is 36.4 Å². The average molecular weight is 453 g/mol. The number of rotatable bonds is 12. The molecule has 1 N–H and O–H groups in total. The lowest BCUT2D eigenvalue weighted by Gasteiger charge is -2.29. The Hall–Kier alpha value is -2.76. The van der Waals surface area contributed by atoms with Crippen LogP contribution in [0.15, 0.2) is 72.4 Å². The van der Waals surface area contributed by atoms with Crippen LogP contribution in [0.4, 0.5) is 0 Å². The zero-order valence-electron chi connectivity index (χ0n) is 20.4. The topological polar surface area (TPSA) is 57.2 Å². The van der Waals surface area contributed by atoms with Gasteiger partial charge in [-0.05, 0) is 43.9 Å². The summed E-state index contributed by atoms with van der Waals surface area (Å²) >= 11 is 0. The monoisotopic (exact) mass is 452 g/mol. The average Bonchev–Trinajstić information content (AvgIpc) is 3.41. The molecule has 3 atom stereocenters. The van der Waals surface area contributed by atoms with E-state index in [4.69, 9.17) is 18.9 Å². The molecule has 5 nitrogen and oxygen atoms in total. The van der Waals surface area contributed by atoms with Crippen molar-refractivity contribution in [1.29, 1.82) is 0 Å². The largest absolute Gasteiger partial charge is 0.493 e. The smallest absolute Gasteiger partial charge is 0.203 e. The maximum atomic E-state index is 12.1. The van der Waals surface area contributed by atoms with Crippen LogP contribution in [0.25, 0.3) is 0 Å². The molecule has 0 heterocycles. The van der Waals surface area contributed by atoms with Crippen LogP contribution >= 0.6 is 0 Å². The number of allylic oxidation sites excluding steroid dienone is 7. The van der Waals surface area contributed by atoms with Crippen molar-refractivity contribution in [2.75, 3.05) is 28.4 Å². The highest BCUT2D eigenvalue weighted by Gasteiger charge is 2.76. The van der Waals surface area contributed by atoms with Gasteiger partial charge < -0.3 is 24.1 Å². The normalized spacial score (nSPS) is 24.8. The number of ether oxygens (including phenoxy) is 4. The van der Waals surface area contributed by atoms with Gasteiger partial charge in [-0.25, -0.2) is 0 Å². The van der Waals surface area contributed by atoms with Crippen LogP contribution in [0.5, 0.6) is 17.2 Å². The second-order valence-corrected chi connectivity index (χ2v) is 8.53. The summed E-state index contributed by atoms with van der Waals surface area (Å²) < 4.78 is 22.6. The highest BCUT2D eigenvalue weighted by atomic mass is 16.5. The summed E-state index contributed by atoms with van der Waals surface area (Å²) in [5, 5.41) is 12.1. The predicted molar refractivity (Wildman–Crippen MR) is 132 cm³/mol. The van der Waals surface area contributed by atoms with Crippen molar-refractivity contribution < 1.29 is 24.1 Å². The standard InChI is InChI=1S/C28H36O5/c1-7-8-9-10-11-14-20(2)17-22(28(29)25-15-12-13-16-27(25,28)33-6)21-18-23(30-3)26(32-5)24(19-21)31-4/h7,10-15,18-19,22,29H,1,8-9,16-17H2,2-6H3. The van der Waals surface area contributed by atoms with Gasteiger partial charge in [0.15, 0.2) is 11.5 Å². The second kappa shape index (κ2) is 10.4. The van der Waals surface area contributed by atoms with Gasteiger partial charge in [0.25, 0.3) is 0 Å². The maximum Gasteiger partial charge on any atom is 0.203 e. The molecule has 2 aliphatic rings. The molecule has 3 unspecified atom stereocenters. The molecule has 1 aromatic carbocycles. The fraction of sp³-hybridized carbons (Fsp3) is 0.429. The zero-order valence-corrected chi connectivity index (χ0v) is 20.4. The lowest BCUT2D eigenvalue weighted by Crippen LogP contribution is -2.34. The Morgan fingerprint density at radius 2 is 1.82 bits per heavy atom. The van der Waals surface area contributed by atoms with Crippen molar-refractivity contribution in [2.45, 2.75) is 49.7 Å². The highest BCUT2D eigenvalue weighted by molar-refractivity contribution is 5.63. The molecule has 0 spiro atoms. The number of hydrogen-bond donors (Lipinski definition) is 1. The Morgan fingerprint density at radius 1 is 1.12 bits per heavy atom. The lowest BCUT2D eigenvalue weighted by atomic mass is 9.83. The molecular formula is C28H36O5. The number of aliphatic hydroxyl groups is 1. The summed E-state index contributed by atoms with van der Waals surface area (Å²) in [5.74, 6) is 1.39. The fourth-order valence-corrected chi connectivity index (χ4v) is 4.95. The fourth-order valence-electron chi connectivity index (χ4n) is 4.95. The van der Waals surface area contributed by atoms with E-state index < -0.39 is 11.2 Å². The third-order valence-corrected chi connectivity index (χ3v) is 6.73. The summed E-state index contributed by atoms with van der Waals surface area (Å²) in [6.45, 7) is 5.85. The van der Waals surface area contributed by atoms with Gasteiger partial charge in [0, 0.05) is 25.0 Å². The minimum Gasteiger partial charge on any atom is -0.493 e. The quantitative estimate of drug-likeness (QED) is 0.252. The van der Waals surface area contributed by atoms with Crippen LogP contribution in [0.3, 0.4) is 0 Å². The first-order valence-corrected chi connectivity index (χ1v) is 11.3. The molecule has 2 aliphatic carbocycles. The van der Waals surface area contributed by atoms with Gasteiger partial charge in [-0.2, -0.15) is 0 Å². The van der Waals surface area contributed by atoms with E-state index in [0.717, 1.165) is 29.6 Å². The third kappa shape index (κ3) is 4.40. The van der Waals surface area contributed by atoms with Gasteiger partial charge in [-0.1, -0.05) is 48.1 Å². The van der Waals surface area contributed by atoms with E-state index in [0.29, 0.717) is 30.1 Å². The zero-order chi connectivity index (χ0) is 24.1. The summed E-state index contributed by atoms with van der Waals surface area (Å²) in [6.07, 6.45) is 17.4. The molecule has 0 aromatic heterocycles. The summed E-state index contributed by atoms with van der Waals surface area (Å²) in [6, 6.07) is 3.86. The summed E-state index contributed by atoms with van der Waals surface area (Å²) in [4.78, 5) is 0. The Morgan fingerprint density at radius 3 is 2.36 bits per heavy atom. The van der Waals surface area contributed by atoms with Gasteiger partial charge in [-0.15, -0.1) is 6.58 Å². The van der Waals surface area contributed by atoms with E-state index in [1.54, 1.807) is 28.4 Å². The summed E-state index contributed by atoms with van der Waals surface area (Å²) in [7, 11) is 6.46. The lowest BCUT2D eigenvalue weighted by molar-refractivity contribution is -0.0234. The first kappa shape index (κ1) is 24.9. The van der Waals surface area contributed by atoms with Crippen LogP contribution in [0, 0.1) is 0 Å². The van der Waals surface area contributed by atoms with Crippen molar-refractivity contribution >= 4 is 0 Å². The minimum absolute atomic E-state index is 0.268. The Balaban J connectivity index is 2.05. The molecule has 0 amide bonds. The van der Waals surface area contributed by atoms with Crippen LogP contribution in [0.2, 0.25) is 0 Å². The Bertz CT molecular complexity index is 961. The number of unbranched alkanes of at least 4 members (excludes halogenated alkanes) is 1. The SMILES string of the molecule is C=CCCC=CC=C(C)CC(c1cc(OC)c(OC)c(OC)c1)C1(O)C2=CC=CCC21OC. The number of hydrogen-bond acceptors (Lipinski definition) is 5. The molecule has 33 heavy (non-hydrogen) atoms. The van der Waals surface area contributed by atoms with Crippen molar-refractivity contribution in [3.05, 3.63) is 78.0 Å². The van der Waals surface area contributed by atoms with Crippen LogP contribution < -0.4 is 14.2 Å². The maximum absolute atomic E-state index is 12.1. The van der Waals surface area contributed by atoms with Gasteiger partial charge >= 0.3 is 0 Å². The molecule has 178 valence electrons. The molecule has 0 aliphatic heterocycles. The van der Waals surface area contributed by atoms with E-state index in [2.05, 4.69) is 31.7 Å². The van der Waals surface area contributed by atoms with Gasteiger partial charge in [-0.3, -0.25) is 0 Å². The van der Waals surface area contributed by atoms with Crippen molar-refractivity contribution in [1.82, 2.24) is 0 Å². The van der Waals surface area contributed by atoms with E-state index in [-0.39, 0.29) is 5.92 Å². The predicted octanol–water partition coefficient (Wildman–Crippen LogP) is 5.67. The molecule has 5 heteroatoms. The molecule has 0 bridgehead atoms. The molecule has 1 saturated carbocycles. The Labute approximate surface area is 197 Å². The van der Waals surface area contributed by atoms with Crippen molar-refractivity contribution in [3.63, 3.8) is 0 Å². The van der Waals surface area contributed by atoms with Crippen LogP contribution in [0.1, 0.15) is 44.1 Å². The number of benzene rings is 1. The molecule has 1 aromatic rings. The summed E-state index contributed by atoms with van der Waals surface area (Å²) in [5.41, 5.74) is 1.11. The van der Waals surface area contributed by atoms with E-state index in [9.17, 15) is 5.11 Å². The minimum atomic E-state index is -1.14. The van der Waals surface area contributed by atoms with Crippen LogP contribution in [-0.4, -0.2) is 44.7 Å². The molecular weight excluding hydrogens is 416 g/mol. The number of fused-ring (bicyclic) bond motifs is 1. The van der Waals surface area contributed by atoms with Gasteiger partial charge in [0.1, 0.15) is 11.2 Å². The molecule has 0 radical (unpaired) electrons. The molecule has 3 rings (SSSR count). The van der Waals surface area contributed by atoms with Gasteiger partial charge in [0.05, 0.1) is 21.3 Å². The van der Waals surface area contributed by atoms with Crippen LogP contribution in [-0.2, 0) is 4.74 Å². The van der Waals surface area contributed by atoms with Crippen molar-refractivity contribution in [2.24, 2.45) is 0 Å². The Kier molecular flexibility index (Phi) is 7.88. The highest BCUT2D eigenvalue weighted by Crippen LogP contribution is 2.67. The molecule has 0 saturated heterocycles. The number of methoxy groups -OCH3 is 4. The van der Waals surface area contributed by atoms with Gasteiger partial charge in [0.2, 0.25) is 5.75 Å². The van der Waals surface area contributed by atoms with E-state index in [1.165, 1.54) is 0 Å². The van der Waals surface area contributed by atoms with Crippen molar-refractivity contribution in [3.8, 4) is 17.2 Å². The first-order valence-electron chi connectivity index (χ1n) is 11.3. The second-order valence-electron chi connectivity index (χ2n) is 8.53.